The Morgan fingerprint density at radius 1 is 1.08 bits per heavy atom. The Kier molecular flexibility index (Phi) is 5.23. The van der Waals surface area contributed by atoms with E-state index >= 15 is 0 Å². The van der Waals surface area contributed by atoms with Gasteiger partial charge >= 0.3 is 6.03 Å². The van der Waals surface area contributed by atoms with Crippen LogP contribution in [0.15, 0.2) is 48.5 Å². The van der Waals surface area contributed by atoms with E-state index in [2.05, 4.69) is 5.32 Å². The van der Waals surface area contributed by atoms with Crippen molar-refractivity contribution < 1.29 is 14.4 Å². The molecule has 0 aliphatic carbocycles. The summed E-state index contributed by atoms with van der Waals surface area (Å²) in [6.45, 7) is 0.699. The molecule has 0 aromatic heterocycles. The summed E-state index contributed by atoms with van der Waals surface area (Å²) < 4.78 is 0. The van der Waals surface area contributed by atoms with Gasteiger partial charge in [0.05, 0.1) is 13.1 Å². The number of hydrogen-bond acceptors (Lipinski definition) is 3. The zero-order chi connectivity index (χ0) is 18.7. The van der Waals surface area contributed by atoms with E-state index in [9.17, 15) is 14.4 Å². The molecule has 1 fully saturated rings. The van der Waals surface area contributed by atoms with Crippen molar-refractivity contribution in [1.82, 2.24) is 15.1 Å². The number of carbonyl (C=O) groups excluding carboxylic acids is 3. The van der Waals surface area contributed by atoms with Crippen molar-refractivity contribution in [2.75, 3.05) is 13.6 Å². The minimum atomic E-state index is -0.391. The van der Waals surface area contributed by atoms with Crippen LogP contribution in [0.2, 0.25) is 5.02 Å². The van der Waals surface area contributed by atoms with Crippen molar-refractivity contribution in [2.45, 2.75) is 13.1 Å². The molecule has 0 unspecified atom stereocenters. The molecule has 0 spiro atoms. The fourth-order valence-corrected chi connectivity index (χ4v) is 2.83. The van der Waals surface area contributed by atoms with E-state index in [1.165, 1.54) is 0 Å². The first kappa shape index (κ1) is 17.9. The van der Waals surface area contributed by atoms with Crippen molar-refractivity contribution in [1.29, 1.82) is 0 Å². The minimum Gasteiger partial charge on any atom is -0.337 e. The average Bonchev–Trinajstić information content (AvgIpc) is 2.95. The Labute approximate surface area is 156 Å². The third-order valence-corrected chi connectivity index (χ3v) is 4.41. The Bertz CT molecular complexity index is 818. The van der Waals surface area contributed by atoms with E-state index < -0.39 is 6.03 Å². The largest absolute Gasteiger partial charge is 0.337 e. The molecule has 1 saturated heterocycles. The predicted octanol–water partition coefficient (Wildman–Crippen LogP) is 2.66. The Morgan fingerprint density at radius 2 is 1.69 bits per heavy atom. The molecular formula is C19H18ClN3O3. The van der Waals surface area contributed by atoms with Gasteiger partial charge in [0, 0.05) is 24.2 Å². The van der Waals surface area contributed by atoms with Gasteiger partial charge in [0.1, 0.15) is 0 Å². The summed E-state index contributed by atoms with van der Waals surface area (Å²) in [5.41, 5.74) is 2.31. The first-order chi connectivity index (χ1) is 12.4. The molecule has 7 heteroatoms. The molecule has 2 aromatic carbocycles. The molecule has 6 nitrogen and oxygen atoms in total. The number of imide groups is 1. The standard InChI is InChI=1S/C19H18ClN3O3/c1-22(11-13-4-8-16(20)9-5-13)18(25)15-6-2-14(3-7-15)12-23-17(24)10-21-19(23)26/h2-9H,10-12H2,1H3,(H,21,26). The van der Waals surface area contributed by atoms with Crippen LogP contribution in [-0.2, 0) is 17.9 Å². The molecule has 0 atom stereocenters. The van der Waals surface area contributed by atoms with Crippen molar-refractivity contribution in [3.8, 4) is 0 Å². The number of carbonyl (C=O) groups is 3. The van der Waals surface area contributed by atoms with Crippen LogP contribution in [0.5, 0.6) is 0 Å². The van der Waals surface area contributed by atoms with Crippen molar-refractivity contribution in [3.05, 3.63) is 70.2 Å². The number of rotatable bonds is 5. The molecule has 134 valence electrons. The quantitative estimate of drug-likeness (QED) is 0.821. The highest BCUT2D eigenvalue weighted by atomic mass is 35.5. The molecule has 26 heavy (non-hydrogen) atoms. The van der Waals surface area contributed by atoms with Gasteiger partial charge in [-0.15, -0.1) is 0 Å². The molecule has 2 aromatic rings. The molecule has 4 amide bonds. The molecule has 1 N–H and O–H groups in total. The second-order valence-electron chi connectivity index (χ2n) is 6.12. The van der Waals surface area contributed by atoms with Crippen LogP contribution in [-0.4, -0.2) is 41.2 Å². The lowest BCUT2D eigenvalue weighted by Gasteiger charge is -2.18. The SMILES string of the molecule is CN(Cc1ccc(Cl)cc1)C(=O)c1ccc(CN2C(=O)CNC2=O)cc1. The van der Waals surface area contributed by atoms with Gasteiger partial charge in [0.2, 0.25) is 5.91 Å². The lowest BCUT2D eigenvalue weighted by atomic mass is 10.1. The van der Waals surface area contributed by atoms with Gasteiger partial charge in [0.25, 0.3) is 5.91 Å². The van der Waals surface area contributed by atoms with Gasteiger partial charge in [-0.25, -0.2) is 4.79 Å². The fourth-order valence-electron chi connectivity index (χ4n) is 2.71. The summed E-state index contributed by atoms with van der Waals surface area (Å²) in [6, 6.07) is 13.9. The maximum atomic E-state index is 12.5. The van der Waals surface area contributed by atoms with Crippen LogP contribution in [0.1, 0.15) is 21.5 Å². The highest BCUT2D eigenvalue weighted by Crippen LogP contribution is 2.14. The second-order valence-corrected chi connectivity index (χ2v) is 6.56. The third kappa shape index (κ3) is 4.03. The Hall–Kier alpha value is -2.86. The Morgan fingerprint density at radius 3 is 2.27 bits per heavy atom. The van der Waals surface area contributed by atoms with Gasteiger partial charge in [-0.1, -0.05) is 35.9 Å². The first-order valence-electron chi connectivity index (χ1n) is 8.11. The van der Waals surface area contributed by atoms with Crippen molar-refractivity contribution >= 4 is 29.4 Å². The lowest BCUT2D eigenvalue weighted by Crippen LogP contribution is -2.30. The highest BCUT2D eigenvalue weighted by molar-refractivity contribution is 6.30. The van der Waals surface area contributed by atoms with Crippen molar-refractivity contribution in [2.24, 2.45) is 0 Å². The average molecular weight is 372 g/mol. The van der Waals surface area contributed by atoms with E-state index in [1.807, 2.05) is 12.1 Å². The number of benzene rings is 2. The minimum absolute atomic E-state index is 0.0326. The lowest BCUT2D eigenvalue weighted by molar-refractivity contribution is -0.125. The van der Waals surface area contributed by atoms with Crippen LogP contribution in [0.3, 0.4) is 0 Å². The van der Waals surface area contributed by atoms with Crippen LogP contribution in [0.4, 0.5) is 4.79 Å². The van der Waals surface area contributed by atoms with E-state index in [0.717, 1.165) is 16.0 Å². The summed E-state index contributed by atoms with van der Waals surface area (Å²) in [6.07, 6.45) is 0. The summed E-state index contributed by atoms with van der Waals surface area (Å²) in [5.74, 6) is -0.362. The van der Waals surface area contributed by atoms with Crippen LogP contribution in [0.25, 0.3) is 0 Å². The monoisotopic (exact) mass is 371 g/mol. The molecule has 1 aliphatic heterocycles. The van der Waals surface area contributed by atoms with Crippen LogP contribution < -0.4 is 5.32 Å². The van der Waals surface area contributed by atoms with E-state index in [-0.39, 0.29) is 24.9 Å². The molecular weight excluding hydrogens is 354 g/mol. The smallest absolute Gasteiger partial charge is 0.324 e. The topological polar surface area (TPSA) is 69.7 Å². The first-order valence-corrected chi connectivity index (χ1v) is 8.49. The summed E-state index contributed by atoms with van der Waals surface area (Å²) in [5, 5.41) is 3.14. The van der Waals surface area contributed by atoms with Gasteiger partial charge in [0.15, 0.2) is 0 Å². The third-order valence-electron chi connectivity index (χ3n) is 4.16. The molecule has 1 heterocycles. The molecule has 3 rings (SSSR count). The fraction of sp³-hybridized carbons (Fsp3) is 0.211. The number of amides is 4. The Balaban J connectivity index is 1.63. The predicted molar refractivity (Wildman–Crippen MR) is 97.6 cm³/mol. The normalized spacial score (nSPS) is 13.7. The zero-order valence-corrected chi connectivity index (χ0v) is 15.0. The molecule has 1 aliphatic rings. The van der Waals surface area contributed by atoms with Crippen LogP contribution in [0, 0.1) is 0 Å². The summed E-state index contributed by atoms with van der Waals surface area (Å²) in [4.78, 5) is 38.5. The summed E-state index contributed by atoms with van der Waals surface area (Å²) in [7, 11) is 1.73. The molecule has 0 radical (unpaired) electrons. The zero-order valence-electron chi connectivity index (χ0n) is 14.2. The van der Waals surface area contributed by atoms with Crippen molar-refractivity contribution in [3.63, 3.8) is 0 Å². The number of urea groups is 1. The number of halogens is 1. The number of nitrogens with zero attached hydrogens (tertiary/aromatic N) is 2. The summed E-state index contributed by atoms with van der Waals surface area (Å²) >= 11 is 5.87. The maximum absolute atomic E-state index is 12.5. The highest BCUT2D eigenvalue weighted by Gasteiger charge is 2.28. The van der Waals surface area contributed by atoms with Gasteiger partial charge in [-0.3, -0.25) is 14.5 Å². The number of hydrogen-bond donors (Lipinski definition) is 1. The molecule has 0 bridgehead atoms. The maximum Gasteiger partial charge on any atom is 0.324 e. The van der Waals surface area contributed by atoms with E-state index in [0.29, 0.717) is 17.1 Å². The second kappa shape index (κ2) is 7.58. The number of nitrogens with one attached hydrogen (secondary N) is 1. The van der Waals surface area contributed by atoms with E-state index in [4.69, 9.17) is 11.6 Å². The van der Waals surface area contributed by atoms with E-state index in [1.54, 1.807) is 48.3 Å². The molecule has 0 saturated carbocycles. The van der Waals surface area contributed by atoms with Gasteiger partial charge < -0.3 is 10.2 Å². The van der Waals surface area contributed by atoms with Gasteiger partial charge in [-0.2, -0.15) is 0 Å². The van der Waals surface area contributed by atoms with Crippen LogP contribution >= 0.6 is 11.6 Å². The van der Waals surface area contributed by atoms with Gasteiger partial charge in [-0.05, 0) is 35.4 Å².